The zero-order chi connectivity index (χ0) is 22.8. The van der Waals surface area contributed by atoms with Crippen molar-refractivity contribution in [3.8, 4) is 33.4 Å². The second kappa shape index (κ2) is 9.07. The number of rotatable bonds is 4. The van der Waals surface area contributed by atoms with Gasteiger partial charge in [0.05, 0.1) is 17.6 Å². The fourth-order valence-electron chi connectivity index (χ4n) is 3.84. The first-order valence-electron chi connectivity index (χ1n) is 10.1. The van der Waals surface area contributed by atoms with Crippen LogP contribution in [-0.2, 0) is 0 Å². The Kier molecular flexibility index (Phi) is 6.21. The summed E-state index contributed by atoms with van der Waals surface area (Å²) in [6.45, 7) is 1.07. The van der Waals surface area contributed by atoms with Gasteiger partial charge in [-0.15, -0.1) is 11.3 Å². The quantitative estimate of drug-likeness (QED) is 0.615. The number of thiophene rings is 1. The van der Waals surface area contributed by atoms with Crippen LogP contribution in [0.4, 0.5) is 8.78 Å². The van der Waals surface area contributed by atoms with E-state index in [1.165, 1.54) is 25.3 Å². The minimum Gasteiger partial charge on any atom is -0.497 e. The van der Waals surface area contributed by atoms with E-state index in [9.17, 15) is 13.6 Å². The molecule has 1 unspecified atom stereocenters. The van der Waals surface area contributed by atoms with Crippen LogP contribution < -0.4 is 10.5 Å². The van der Waals surface area contributed by atoms with Crippen molar-refractivity contribution in [2.75, 3.05) is 20.2 Å². The second-order valence-corrected chi connectivity index (χ2v) is 8.71. The van der Waals surface area contributed by atoms with Gasteiger partial charge in [0.25, 0.3) is 5.91 Å². The van der Waals surface area contributed by atoms with Crippen molar-refractivity contribution in [1.82, 2.24) is 4.90 Å². The lowest BCUT2D eigenvalue weighted by atomic mass is 10.00. The van der Waals surface area contributed by atoms with E-state index in [2.05, 4.69) is 0 Å². The number of amides is 1. The van der Waals surface area contributed by atoms with Gasteiger partial charge in [0.1, 0.15) is 23.5 Å². The van der Waals surface area contributed by atoms with Crippen LogP contribution in [0.5, 0.6) is 5.75 Å². The highest BCUT2D eigenvalue weighted by Crippen LogP contribution is 2.42. The maximum absolute atomic E-state index is 14.9. The zero-order valence-electron chi connectivity index (χ0n) is 17.4. The van der Waals surface area contributed by atoms with Gasteiger partial charge in [0, 0.05) is 41.2 Å². The van der Waals surface area contributed by atoms with Gasteiger partial charge in [-0.3, -0.25) is 4.79 Å². The number of likely N-dealkylation sites (tertiary alicyclic amines) is 1. The molecule has 1 fully saturated rings. The normalized spacial score (nSPS) is 16.0. The van der Waals surface area contributed by atoms with E-state index in [0.717, 1.165) is 24.2 Å². The van der Waals surface area contributed by atoms with Crippen LogP contribution in [0.15, 0.2) is 42.5 Å². The Morgan fingerprint density at radius 1 is 1.19 bits per heavy atom. The molecule has 8 heteroatoms. The number of ether oxygens (including phenoxy) is 1. The lowest BCUT2D eigenvalue weighted by molar-refractivity contribution is 0.0714. The van der Waals surface area contributed by atoms with Gasteiger partial charge in [-0.05, 0) is 48.7 Å². The van der Waals surface area contributed by atoms with Crippen LogP contribution in [0.2, 0.25) is 0 Å². The molecular weight excluding hydrogens is 432 g/mol. The van der Waals surface area contributed by atoms with Crippen molar-refractivity contribution >= 4 is 17.2 Å². The van der Waals surface area contributed by atoms with E-state index < -0.39 is 11.6 Å². The monoisotopic (exact) mass is 453 g/mol. The Morgan fingerprint density at radius 3 is 2.66 bits per heavy atom. The molecule has 1 aliphatic rings. The van der Waals surface area contributed by atoms with Crippen molar-refractivity contribution in [3.63, 3.8) is 0 Å². The third-order valence-corrected chi connectivity index (χ3v) is 6.67. The minimum absolute atomic E-state index is 0.0711. The van der Waals surface area contributed by atoms with Crippen LogP contribution in [0.25, 0.3) is 21.6 Å². The van der Waals surface area contributed by atoms with Gasteiger partial charge in [0.2, 0.25) is 0 Å². The molecule has 1 amide bonds. The topological polar surface area (TPSA) is 79.3 Å². The zero-order valence-corrected chi connectivity index (χ0v) is 18.2. The highest BCUT2D eigenvalue weighted by atomic mass is 32.1. The molecule has 1 aromatic heterocycles. The Hall–Kier alpha value is -3.28. The number of methoxy groups -OCH3 is 1. The Bertz CT molecular complexity index is 1220. The van der Waals surface area contributed by atoms with Crippen molar-refractivity contribution in [2.24, 2.45) is 5.73 Å². The summed E-state index contributed by atoms with van der Waals surface area (Å²) in [6, 6.07) is 12.1. The number of hydrogen-bond donors (Lipinski definition) is 1. The number of carbonyl (C=O) groups is 1. The first-order valence-corrected chi connectivity index (χ1v) is 11.0. The predicted molar refractivity (Wildman–Crippen MR) is 119 cm³/mol. The first kappa shape index (κ1) is 21.9. The van der Waals surface area contributed by atoms with E-state index in [1.807, 2.05) is 0 Å². The molecule has 0 aliphatic carbocycles. The van der Waals surface area contributed by atoms with Crippen LogP contribution in [0.3, 0.4) is 0 Å². The van der Waals surface area contributed by atoms with Gasteiger partial charge in [-0.25, -0.2) is 8.78 Å². The van der Waals surface area contributed by atoms with Crippen molar-refractivity contribution < 1.29 is 18.3 Å². The number of piperidine rings is 1. The molecule has 3 aromatic rings. The van der Waals surface area contributed by atoms with Gasteiger partial charge in [-0.1, -0.05) is 6.07 Å². The molecule has 5 nitrogen and oxygen atoms in total. The Labute approximate surface area is 188 Å². The lowest BCUT2D eigenvalue weighted by Crippen LogP contribution is -2.45. The van der Waals surface area contributed by atoms with Crippen molar-refractivity contribution in [1.29, 1.82) is 5.26 Å². The van der Waals surface area contributed by atoms with E-state index in [1.54, 1.807) is 35.2 Å². The Morgan fingerprint density at radius 2 is 2.00 bits per heavy atom. The molecule has 0 bridgehead atoms. The molecule has 4 rings (SSSR count). The van der Waals surface area contributed by atoms with E-state index in [0.29, 0.717) is 39.7 Å². The highest BCUT2D eigenvalue weighted by Gasteiger charge is 2.26. The molecule has 32 heavy (non-hydrogen) atoms. The summed E-state index contributed by atoms with van der Waals surface area (Å²) < 4.78 is 34.4. The van der Waals surface area contributed by atoms with Gasteiger partial charge in [0.15, 0.2) is 0 Å². The number of carbonyl (C=O) groups excluding carboxylic acids is 1. The first-order chi connectivity index (χ1) is 15.4. The van der Waals surface area contributed by atoms with E-state index in [4.69, 9.17) is 15.7 Å². The molecule has 164 valence electrons. The standard InChI is InChI=1S/C24H21F2N3O2S/c1-31-17-6-7-18(21(26)10-17)23-19(14-4-5-15(12-27)20(25)9-14)11-22(32-23)24(30)29-8-2-3-16(28)13-29/h4-7,9-11,16H,2-3,8,13,28H2,1H3. The molecule has 2 N–H and O–H groups in total. The summed E-state index contributed by atoms with van der Waals surface area (Å²) in [6.07, 6.45) is 1.69. The maximum atomic E-state index is 14.9. The number of nitriles is 1. The SMILES string of the molecule is COc1ccc(-c2sc(C(=O)N3CCCC(N)C3)cc2-c2ccc(C#N)c(F)c2)c(F)c1. The maximum Gasteiger partial charge on any atom is 0.264 e. The predicted octanol–water partition coefficient (Wildman–Crippen LogP) is 4.80. The minimum atomic E-state index is -0.674. The average molecular weight is 454 g/mol. The van der Waals surface area contributed by atoms with Gasteiger partial charge >= 0.3 is 0 Å². The molecule has 0 saturated carbocycles. The second-order valence-electron chi connectivity index (χ2n) is 7.66. The molecule has 1 aliphatic heterocycles. The highest BCUT2D eigenvalue weighted by molar-refractivity contribution is 7.18. The fourth-order valence-corrected chi connectivity index (χ4v) is 5.02. The number of nitrogens with two attached hydrogens (primary N) is 1. The summed E-state index contributed by atoms with van der Waals surface area (Å²) in [7, 11) is 1.45. The van der Waals surface area contributed by atoms with Crippen LogP contribution in [-0.4, -0.2) is 37.0 Å². The Balaban J connectivity index is 1.83. The average Bonchev–Trinajstić information content (AvgIpc) is 3.23. The van der Waals surface area contributed by atoms with Crippen LogP contribution in [0, 0.1) is 23.0 Å². The number of hydrogen-bond acceptors (Lipinski definition) is 5. The summed E-state index contributed by atoms with van der Waals surface area (Å²) in [5, 5.41) is 9.03. The molecule has 2 aromatic carbocycles. The number of benzene rings is 2. The van der Waals surface area contributed by atoms with Crippen molar-refractivity contribution in [2.45, 2.75) is 18.9 Å². The molecular formula is C24H21F2N3O2S. The summed E-state index contributed by atoms with van der Waals surface area (Å²) in [5.74, 6) is -0.999. The number of nitrogens with zero attached hydrogens (tertiary/aromatic N) is 2. The van der Waals surface area contributed by atoms with E-state index in [-0.39, 0.29) is 23.1 Å². The van der Waals surface area contributed by atoms with Crippen LogP contribution >= 0.6 is 11.3 Å². The van der Waals surface area contributed by atoms with E-state index >= 15 is 0 Å². The van der Waals surface area contributed by atoms with Gasteiger partial charge < -0.3 is 15.4 Å². The summed E-state index contributed by atoms with van der Waals surface area (Å²) in [5.41, 5.74) is 7.20. The van der Waals surface area contributed by atoms with Gasteiger partial charge in [-0.2, -0.15) is 5.26 Å². The molecule has 1 saturated heterocycles. The molecule has 1 atom stereocenters. The molecule has 0 radical (unpaired) electrons. The fraction of sp³-hybridized carbons (Fsp3) is 0.250. The lowest BCUT2D eigenvalue weighted by Gasteiger charge is -2.30. The number of halogens is 2. The summed E-state index contributed by atoms with van der Waals surface area (Å²) in [4.78, 5) is 15.8. The summed E-state index contributed by atoms with van der Waals surface area (Å²) >= 11 is 1.15. The van der Waals surface area contributed by atoms with Crippen molar-refractivity contribution in [3.05, 3.63) is 64.5 Å². The smallest absolute Gasteiger partial charge is 0.264 e. The largest absolute Gasteiger partial charge is 0.497 e. The molecule has 2 heterocycles. The molecule has 0 spiro atoms. The third-order valence-electron chi connectivity index (χ3n) is 5.51. The van der Waals surface area contributed by atoms with Crippen LogP contribution in [0.1, 0.15) is 28.1 Å². The third kappa shape index (κ3) is 4.22.